The van der Waals surface area contributed by atoms with E-state index in [-0.39, 0.29) is 0 Å². The molecule has 0 bridgehead atoms. The molecule has 0 aromatic heterocycles. The fourth-order valence-corrected chi connectivity index (χ4v) is 2.73. The summed E-state index contributed by atoms with van der Waals surface area (Å²) in [6.45, 7) is 0. The highest BCUT2D eigenvalue weighted by molar-refractivity contribution is 7.60. The van der Waals surface area contributed by atoms with E-state index >= 15 is 0 Å². The molecule has 3 nitrogen and oxygen atoms in total. The summed E-state index contributed by atoms with van der Waals surface area (Å²) in [6.07, 6.45) is 5.92. The third-order valence-corrected chi connectivity index (χ3v) is 3.90. The smallest absolute Gasteiger partial charge is 0.0863 e. The quantitative estimate of drug-likeness (QED) is 0.513. The maximum Gasteiger partial charge on any atom is 0.0863 e. The third kappa shape index (κ3) is 2.08. The molecule has 1 aliphatic carbocycles. The lowest BCUT2D eigenvalue weighted by atomic mass is 10.0. The number of rotatable bonds is 1. The van der Waals surface area contributed by atoms with Crippen molar-refractivity contribution >= 4 is 7.36 Å². The van der Waals surface area contributed by atoms with Gasteiger partial charge >= 0.3 is 0 Å². The number of hydrogen-bond acceptors (Lipinski definition) is 1. The highest BCUT2D eigenvalue weighted by Crippen LogP contribution is 2.42. The van der Waals surface area contributed by atoms with Crippen molar-refractivity contribution in [3.63, 3.8) is 0 Å². The summed E-state index contributed by atoms with van der Waals surface area (Å²) >= 11 is 0. The summed E-state index contributed by atoms with van der Waals surface area (Å²) < 4.78 is 0. The van der Waals surface area contributed by atoms with Gasteiger partial charge in [-0.3, -0.25) is 16.2 Å². The largest absolute Gasteiger partial charge is 0.290 e. The van der Waals surface area contributed by atoms with Crippen molar-refractivity contribution in [3.8, 4) is 0 Å². The Balaban J connectivity index is 2.47. The predicted octanol–water partition coefficient (Wildman–Crippen LogP) is 1.85. The van der Waals surface area contributed by atoms with Crippen LogP contribution in [-0.4, -0.2) is 5.66 Å². The van der Waals surface area contributed by atoms with Crippen LogP contribution in [0, 0.1) is 5.16 Å². The van der Waals surface area contributed by atoms with Crippen LogP contribution < -0.4 is 11.0 Å². The van der Waals surface area contributed by atoms with Crippen LogP contribution in [0.5, 0.6) is 0 Å². The summed E-state index contributed by atoms with van der Waals surface area (Å²) in [5.41, 5.74) is 11.5. The fraction of sp³-hybridized carbons (Fsp3) is 1.00. The van der Waals surface area contributed by atoms with Crippen molar-refractivity contribution in [1.82, 2.24) is 0 Å². The van der Waals surface area contributed by atoms with E-state index in [2.05, 4.69) is 0 Å². The van der Waals surface area contributed by atoms with Crippen LogP contribution in [0.2, 0.25) is 0 Å². The molecule has 0 amide bonds. The van der Waals surface area contributed by atoms with E-state index in [4.69, 9.17) is 16.2 Å². The molecule has 1 fully saturated rings. The Bertz CT molecular complexity index is 145. The van der Waals surface area contributed by atoms with Crippen molar-refractivity contribution < 1.29 is 0 Å². The lowest BCUT2D eigenvalue weighted by Crippen LogP contribution is -2.22. The molecule has 0 spiro atoms. The fourth-order valence-electron chi connectivity index (χ4n) is 1.51. The zero-order valence-corrected chi connectivity index (χ0v) is 7.11. The molecule has 0 radical (unpaired) electrons. The van der Waals surface area contributed by atoms with Gasteiger partial charge in [0.05, 0.1) is 7.36 Å². The van der Waals surface area contributed by atoms with E-state index < -0.39 is 7.36 Å². The SMILES string of the molecule is N=P(N)(N)C1CCCCC1. The summed E-state index contributed by atoms with van der Waals surface area (Å²) in [7, 11) is -2.24. The summed E-state index contributed by atoms with van der Waals surface area (Å²) in [6, 6.07) is 0. The minimum Gasteiger partial charge on any atom is -0.290 e. The number of hydrogen-bond donors (Lipinski definition) is 3. The minimum absolute atomic E-state index is 0.334. The molecule has 60 valence electrons. The predicted molar refractivity (Wildman–Crippen MR) is 44.9 cm³/mol. The van der Waals surface area contributed by atoms with E-state index in [1.807, 2.05) is 0 Å². The first kappa shape index (κ1) is 8.25. The molecular weight excluding hydrogens is 145 g/mol. The molecule has 0 aromatic carbocycles. The van der Waals surface area contributed by atoms with Crippen LogP contribution >= 0.6 is 7.36 Å². The Morgan fingerprint density at radius 3 is 1.90 bits per heavy atom. The summed E-state index contributed by atoms with van der Waals surface area (Å²) in [5, 5.41) is 7.49. The molecule has 0 unspecified atom stereocenters. The van der Waals surface area contributed by atoms with Crippen molar-refractivity contribution in [2.45, 2.75) is 37.8 Å². The molecule has 4 heteroatoms. The second kappa shape index (κ2) is 3.04. The zero-order chi connectivity index (χ0) is 7.61. The van der Waals surface area contributed by atoms with Gasteiger partial charge in [0, 0.05) is 5.66 Å². The van der Waals surface area contributed by atoms with Gasteiger partial charge in [0.25, 0.3) is 0 Å². The van der Waals surface area contributed by atoms with E-state index in [9.17, 15) is 0 Å². The highest BCUT2D eigenvalue weighted by Gasteiger charge is 2.22. The standard InChI is InChI=1S/C6H16N3P/c7-10(8,9)6-4-2-1-3-5-6/h6H,1-5H2,(H5,7,8,9). The van der Waals surface area contributed by atoms with Gasteiger partial charge in [-0.05, 0) is 12.8 Å². The first-order chi connectivity index (χ1) is 4.61. The molecule has 1 saturated carbocycles. The minimum atomic E-state index is -2.24. The highest BCUT2D eigenvalue weighted by atomic mass is 31.2. The Labute approximate surface area is 62.1 Å². The second-order valence-electron chi connectivity index (χ2n) is 3.13. The summed E-state index contributed by atoms with van der Waals surface area (Å²) in [4.78, 5) is 0. The van der Waals surface area contributed by atoms with Crippen LogP contribution in [-0.2, 0) is 0 Å². The van der Waals surface area contributed by atoms with Gasteiger partial charge in [-0.15, -0.1) is 0 Å². The van der Waals surface area contributed by atoms with Crippen LogP contribution in [0.25, 0.3) is 0 Å². The lowest BCUT2D eigenvalue weighted by molar-refractivity contribution is 0.508. The molecular formula is C6H16N3P. The Hall–Kier alpha value is 0.150. The van der Waals surface area contributed by atoms with Crippen molar-refractivity contribution in [3.05, 3.63) is 0 Å². The monoisotopic (exact) mass is 161 g/mol. The van der Waals surface area contributed by atoms with Gasteiger partial charge in [-0.2, -0.15) is 0 Å². The Morgan fingerprint density at radius 1 is 1.10 bits per heavy atom. The maximum atomic E-state index is 7.49. The van der Waals surface area contributed by atoms with Gasteiger partial charge < -0.3 is 0 Å². The lowest BCUT2D eigenvalue weighted by Gasteiger charge is -2.27. The van der Waals surface area contributed by atoms with Gasteiger partial charge in [0.1, 0.15) is 0 Å². The van der Waals surface area contributed by atoms with E-state index in [0.29, 0.717) is 5.66 Å². The molecule has 5 N–H and O–H groups in total. The Morgan fingerprint density at radius 2 is 1.60 bits per heavy atom. The van der Waals surface area contributed by atoms with Crippen LogP contribution in [0.1, 0.15) is 32.1 Å². The third-order valence-electron chi connectivity index (χ3n) is 2.18. The molecule has 0 aliphatic heterocycles. The number of nitrogens with two attached hydrogens (primary N) is 2. The molecule has 0 aromatic rings. The normalized spacial score (nSPS) is 23.0. The van der Waals surface area contributed by atoms with E-state index in [1.165, 1.54) is 19.3 Å². The number of nitrogens with one attached hydrogen (secondary N) is 1. The first-order valence-corrected chi connectivity index (χ1v) is 5.81. The second-order valence-corrected chi connectivity index (χ2v) is 5.53. The molecule has 10 heavy (non-hydrogen) atoms. The van der Waals surface area contributed by atoms with Crippen molar-refractivity contribution in [1.29, 1.82) is 5.16 Å². The zero-order valence-electron chi connectivity index (χ0n) is 6.21. The average molecular weight is 161 g/mol. The first-order valence-electron chi connectivity index (χ1n) is 3.81. The topological polar surface area (TPSA) is 75.9 Å². The molecule has 0 saturated heterocycles. The maximum absolute atomic E-state index is 7.49. The van der Waals surface area contributed by atoms with Gasteiger partial charge in [-0.1, -0.05) is 19.3 Å². The molecule has 0 heterocycles. The van der Waals surface area contributed by atoms with Crippen molar-refractivity contribution in [2.24, 2.45) is 11.0 Å². The van der Waals surface area contributed by atoms with Crippen LogP contribution in [0.3, 0.4) is 0 Å². The van der Waals surface area contributed by atoms with Gasteiger partial charge in [0.2, 0.25) is 0 Å². The van der Waals surface area contributed by atoms with E-state index in [0.717, 1.165) is 12.8 Å². The van der Waals surface area contributed by atoms with Crippen LogP contribution in [0.4, 0.5) is 0 Å². The van der Waals surface area contributed by atoms with E-state index in [1.54, 1.807) is 0 Å². The molecule has 1 rings (SSSR count). The Kier molecular flexibility index (Phi) is 2.50. The van der Waals surface area contributed by atoms with Gasteiger partial charge in [0.15, 0.2) is 0 Å². The molecule has 1 aliphatic rings. The van der Waals surface area contributed by atoms with Crippen molar-refractivity contribution in [2.75, 3.05) is 0 Å². The summed E-state index contributed by atoms with van der Waals surface area (Å²) in [5.74, 6) is 0. The van der Waals surface area contributed by atoms with Crippen LogP contribution in [0.15, 0.2) is 0 Å². The molecule has 0 atom stereocenters. The average Bonchev–Trinajstić information content (AvgIpc) is 1.88. The van der Waals surface area contributed by atoms with Gasteiger partial charge in [-0.25, -0.2) is 0 Å².